The van der Waals surface area contributed by atoms with Crippen molar-refractivity contribution in [2.24, 2.45) is 0 Å². The Morgan fingerprint density at radius 2 is 1.57 bits per heavy atom. The first-order chi connectivity index (χ1) is 22.2. The van der Waals surface area contributed by atoms with E-state index in [2.05, 4.69) is 0 Å². The van der Waals surface area contributed by atoms with Gasteiger partial charge in [0.1, 0.15) is 16.2 Å². The van der Waals surface area contributed by atoms with Crippen LogP contribution >= 0.6 is 11.8 Å². The van der Waals surface area contributed by atoms with Gasteiger partial charge >= 0.3 is 5.97 Å². The van der Waals surface area contributed by atoms with Crippen molar-refractivity contribution in [3.63, 3.8) is 0 Å². The van der Waals surface area contributed by atoms with Gasteiger partial charge in [-0.25, -0.2) is 0 Å². The molecule has 6 rings (SSSR count). The highest BCUT2D eigenvalue weighted by atomic mass is 32.2. The number of para-hydroxylation sites is 1. The maximum atomic E-state index is 13.6. The number of methoxy groups -OCH3 is 2. The van der Waals surface area contributed by atoms with Crippen molar-refractivity contribution in [1.82, 2.24) is 0 Å². The molecule has 0 spiro atoms. The molecule has 1 aliphatic rings. The van der Waals surface area contributed by atoms with Crippen molar-refractivity contribution < 1.29 is 33.0 Å². The number of benzene rings is 4. The molecule has 1 aromatic heterocycles. The molecule has 46 heavy (non-hydrogen) atoms. The van der Waals surface area contributed by atoms with E-state index >= 15 is 0 Å². The van der Waals surface area contributed by atoms with Crippen LogP contribution in [0.2, 0.25) is 0 Å². The third-order valence-corrected chi connectivity index (χ3v) is 9.26. The Morgan fingerprint density at radius 3 is 2.26 bits per heavy atom. The zero-order chi connectivity index (χ0) is 32.6. The topological polar surface area (TPSA) is 95.3 Å². The summed E-state index contributed by atoms with van der Waals surface area (Å²) in [7, 11) is 3.14. The number of furan rings is 1. The van der Waals surface area contributed by atoms with Crippen LogP contribution in [0.15, 0.2) is 100 Å². The third-order valence-electron chi connectivity index (χ3n) is 7.85. The van der Waals surface area contributed by atoms with E-state index in [-0.39, 0.29) is 23.2 Å². The minimum atomic E-state index is -1.20. The lowest BCUT2D eigenvalue weighted by Gasteiger charge is -2.36. The molecule has 0 bridgehead atoms. The van der Waals surface area contributed by atoms with E-state index in [4.69, 9.17) is 18.6 Å². The molecule has 0 saturated carbocycles. The van der Waals surface area contributed by atoms with Gasteiger partial charge in [-0.3, -0.25) is 19.3 Å². The fraction of sp³-hybridized carbons (Fsp3) is 0.162. The Balaban J connectivity index is 1.61. The smallest absolute Gasteiger partial charge is 0.308 e. The van der Waals surface area contributed by atoms with Gasteiger partial charge in [-0.05, 0) is 48.9 Å². The second-order valence-corrected chi connectivity index (χ2v) is 12.0. The molecule has 5 aromatic rings. The Labute approximate surface area is 270 Å². The summed E-state index contributed by atoms with van der Waals surface area (Å²) >= 11 is 1.45. The molecule has 8 nitrogen and oxygen atoms in total. The molecule has 1 unspecified atom stereocenters. The number of nitrogens with zero attached hydrogens (tertiary/aromatic N) is 1. The van der Waals surface area contributed by atoms with Crippen LogP contribution in [-0.4, -0.2) is 31.9 Å². The fourth-order valence-corrected chi connectivity index (χ4v) is 7.24. The van der Waals surface area contributed by atoms with E-state index in [0.717, 1.165) is 16.1 Å². The standard InChI is InChI=1S/C37H31NO7S/c1-22-27-20-28(32(44-24(3)40)21-31(27)45-36(22)35(41)26-11-7-6-8-12-26)37(18-17-25-15-16-30(42-4)33(19-25)43-5)38(23(2)39)29-13-9-10-14-34(29)46-37/h6-21H,1-5H3/b18-17+. The number of hydrogen-bond acceptors (Lipinski definition) is 8. The summed E-state index contributed by atoms with van der Waals surface area (Å²) < 4.78 is 22.9. The largest absolute Gasteiger partial charge is 0.493 e. The number of carbonyl (C=O) groups excluding carboxylic acids is 3. The van der Waals surface area contributed by atoms with Gasteiger partial charge in [-0.15, -0.1) is 0 Å². The predicted molar refractivity (Wildman–Crippen MR) is 178 cm³/mol. The first-order valence-electron chi connectivity index (χ1n) is 14.5. The van der Waals surface area contributed by atoms with Crippen LogP contribution in [-0.2, 0) is 14.5 Å². The van der Waals surface area contributed by atoms with Gasteiger partial charge in [0.25, 0.3) is 0 Å². The molecule has 1 amide bonds. The fourth-order valence-electron chi connectivity index (χ4n) is 5.77. The molecule has 0 aliphatic carbocycles. The van der Waals surface area contributed by atoms with Crippen LogP contribution in [0.5, 0.6) is 17.2 Å². The van der Waals surface area contributed by atoms with Gasteiger partial charge in [-0.2, -0.15) is 0 Å². The molecule has 1 aliphatic heterocycles. The number of thioether (sulfide) groups is 1. The lowest BCUT2D eigenvalue weighted by molar-refractivity contribution is -0.131. The molecule has 0 N–H and O–H groups in total. The number of aryl methyl sites for hydroxylation is 1. The molecule has 0 radical (unpaired) electrons. The summed E-state index contributed by atoms with van der Waals surface area (Å²) in [6.07, 6.45) is 3.81. The van der Waals surface area contributed by atoms with Crippen molar-refractivity contribution in [1.29, 1.82) is 0 Å². The molecule has 2 heterocycles. The summed E-state index contributed by atoms with van der Waals surface area (Å²) in [5.41, 5.74) is 3.55. The molecule has 0 saturated heterocycles. The first-order valence-corrected chi connectivity index (χ1v) is 15.3. The number of anilines is 1. The lowest BCUT2D eigenvalue weighted by atomic mass is 9.97. The molecule has 0 fully saturated rings. The van der Waals surface area contributed by atoms with Gasteiger partial charge in [0.2, 0.25) is 11.7 Å². The molecule has 232 valence electrons. The number of carbonyl (C=O) groups is 3. The van der Waals surface area contributed by atoms with Crippen LogP contribution in [0.3, 0.4) is 0 Å². The highest BCUT2D eigenvalue weighted by molar-refractivity contribution is 8.01. The number of ether oxygens (including phenoxy) is 3. The summed E-state index contributed by atoms with van der Waals surface area (Å²) in [6, 6.07) is 25.5. The second-order valence-electron chi connectivity index (χ2n) is 10.8. The van der Waals surface area contributed by atoms with E-state index < -0.39 is 10.8 Å². The summed E-state index contributed by atoms with van der Waals surface area (Å²) in [5.74, 6) is 0.507. The van der Waals surface area contributed by atoms with Crippen LogP contribution in [0, 0.1) is 6.92 Å². The van der Waals surface area contributed by atoms with Crippen LogP contribution < -0.4 is 19.1 Å². The van der Waals surface area contributed by atoms with Crippen molar-refractivity contribution in [3.05, 3.63) is 119 Å². The molecular formula is C37H31NO7S. The summed E-state index contributed by atoms with van der Waals surface area (Å²) in [5, 5.41) is 0.657. The van der Waals surface area contributed by atoms with Gasteiger partial charge in [0.05, 0.1) is 19.9 Å². The van der Waals surface area contributed by atoms with Gasteiger partial charge < -0.3 is 18.6 Å². The monoisotopic (exact) mass is 633 g/mol. The number of fused-ring (bicyclic) bond motifs is 2. The Hall–Kier alpha value is -5.28. The average Bonchev–Trinajstić information content (AvgIpc) is 3.57. The van der Waals surface area contributed by atoms with E-state index in [0.29, 0.717) is 39.2 Å². The first kappa shape index (κ1) is 30.7. The Bertz CT molecular complexity index is 2030. The highest BCUT2D eigenvalue weighted by Crippen LogP contribution is 2.59. The zero-order valence-electron chi connectivity index (χ0n) is 26.0. The Kier molecular flexibility index (Phi) is 8.19. The van der Waals surface area contributed by atoms with Crippen molar-refractivity contribution in [2.75, 3.05) is 19.1 Å². The van der Waals surface area contributed by atoms with E-state index in [1.807, 2.05) is 67.6 Å². The second kappa shape index (κ2) is 12.3. The number of rotatable bonds is 8. The maximum absolute atomic E-state index is 13.6. The van der Waals surface area contributed by atoms with Crippen LogP contribution in [0.25, 0.3) is 17.0 Å². The van der Waals surface area contributed by atoms with E-state index in [9.17, 15) is 14.4 Å². The number of hydrogen-bond donors (Lipinski definition) is 0. The number of ketones is 1. The molecule has 9 heteroatoms. The van der Waals surface area contributed by atoms with E-state index in [1.165, 1.54) is 25.6 Å². The molecule has 4 aromatic carbocycles. The Morgan fingerprint density at radius 1 is 0.848 bits per heavy atom. The van der Waals surface area contributed by atoms with Crippen LogP contribution in [0.4, 0.5) is 5.69 Å². The number of amides is 1. The lowest BCUT2D eigenvalue weighted by Crippen LogP contribution is -2.43. The van der Waals surface area contributed by atoms with Gasteiger partial charge in [0.15, 0.2) is 17.3 Å². The summed E-state index contributed by atoms with van der Waals surface area (Å²) in [6.45, 7) is 4.64. The van der Waals surface area contributed by atoms with Crippen molar-refractivity contribution in [2.45, 2.75) is 30.5 Å². The van der Waals surface area contributed by atoms with E-state index in [1.54, 1.807) is 55.5 Å². The third kappa shape index (κ3) is 5.32. The van der Waals surface area contributed by atoms with Gasteiger partial charge in [0, 0.05) is 46.9 Å². The average molecular weight is 634 g/mol. The predicted octanol–water partition coefficient (Wildman–Crippen LogP) is 7.94. The number of esters is 1. The van der Waals surface area contributed by atoms with Gasteiger partial charge in [-0.1, -0.05) is 66.4 Å². The highest BCUT2D eigenvalue weighted by Gasteiger charge is 2.48. The SMILES string of the molecule is COc1ccc(/C=C/C2(c3cc4c(C)c(C(=O)c5ccccc5)oc4cc3OC(C)=O)Sc3ccccc3N2C(C)=O)cc1OC. The zero-order valence-corrected chi connectivity index (χ0v) is 26.8. The maximum Gasteiger partial charge on any atom is 0.308 e. The molecule has 1 atom stereocenters. The molecular weight excluding hydrogens is 602 g/mol. The normalized spacial score (nSPS) is 15.6. The minimum Gasteiger partial charge on any atom is -0.493 e. The van der Waals surface area contributed by atoms with Crippen LogP contribution in [0.1, 0.15) is 46.7 Å². The van der Waals surface area contributed by atoms with Crippen molar-refractivity contribution in [3.8, 4) is 17.2 Å². The summed E-state index contributed by atoms with van der Waals surface area (Å²) in [4.78, 5) is 40.9. The quantitative estimate of drug-likeness (QED) is 0.0966. The minimum absolute atomic E-state index is 0.188. The van der Waals surface area contributed by atoms with Crippen molar-refractivity contribution >= 4 is 52.2 Å².